The first kappa shape index (κ1) is 35.4. The number of hydrogen-bond acceptors (Lipinski definition) is 10. The lowest BCUT2D eigenvalue weighted by Gasteiger charge is -2.06. The molecule has 0 radical (unpaired) electrons. The van der Waals surface area contributed by atoms with Crippen molar-refractivity contribution < 1.29 is 79.0 Å². The van der Waals surface area contributed by atoms with Crippen molar-refractivity contribution in [2.45, 2.75) is 19.3 Å². The van der Waals surface area contributed by atoms with Crippen LogP contribution in [0.3, 0.4) is 0 Å². The second-order valence-corrected chi connectivity index (χ2v) is 7.29. The molecule has 0 fully saturated rings. The lowest BCUT2D eigenvalue weighted by atomic mass is 10.1. The number of rotatable bonds is 4. The van der Waals surface area contributed by atoms with Gasteiger partial charge in [0.2, 0.25) is 11.7 Å². The van der Waals surface area contributed by atoms with E-state index in [1.807, 2.05) is 0 Å². The van der Waals surface area contributed by atoms with Crippen LogP contribution in [0.5, 0.6) is 0 Å². The Balaban J connectivity index is 0.000000325. The number of carbonyl (C=O) groups is 4. The lowest BCUT2D eigenvalue weighted by Crippen LogP contribution is -2.34. The summed E-state index contributed by atoms with van der Waals surface area (Å²) >= 11 is 0. The number of esters is 2. The Morgan fingerprint density at radius 2 is 1.33 bits per heavy atom. The summed E-state index contributed by atoms with van der Waals surface area (Å²) in [6.45, 7) is 1.61. The zero-order valence-corrected chi connectivity index (χ0v) is 20.7. The van der Waals surface area contributed by atoms with E-state index in [2.05, 4.69) is 20.0 Å². The van der Waals surface area contributed by atoms with Crippen LogP contribution in [0.15, 0.2) is 46.1 Å². The predicted molar refractivity (Wildman–Crippen MR) is 120 cm³/mol. The number of aromatic nitrogens is 2. The van der Waals surface area contributed by atoms with Gasteiger partial charge in [-0.05, 0) is 36.4 Å². The first-order valence-electron chi connectivity index (χ1n) is 10.4. The van der Waals surface area contributed by atoms with Crippen LogP contribution in [0, 0.1) is 18.6 Å². The van der Waals surface area contributed by atoms with E-state index in [0.29, 0.717) is 11.5 Å². The van der Waals surface area contributed by atoms with Gasteiger partial charge in [-0.25, -0.2) is 28.0 Å². The number of carbonyl (C=O) groups excluding carboxylic acids is 2. The van der Waals surface area contributed by atoms with Crippen molar-refractivity contribution in [2.24, 2.45) is 10.9 Å². The molecule has 0 spiro atoms. The molecule has 232 valence electrons. The zero-order valence-electron chi connectivity index (χ0n) is 20.7. The van der Waals surface area contributed by atoms with E-state index < -0.39 is 59.0 Å². The first-order chi connectivity index (χ1) is 19.7. The maximum absolute atomic E-state index is 13.1. The Kier molecular flexibility index (Phi) is 11.8. The van der Waals surface area contributed by atoms with Gasteiger partial charge in [0, 0.05) is 18.1 Å². The summed E-state index contributed by atoms with van der Waals surface area (Å²) in [6.07, 6.45) is -11.2. The summed E-state index contributed by atoms with van der Waals surface area (Å²) in [6, 6.07) is 6.78. The molecule has 13 nitrogen and oxygen atoms in total. The fourth-order valence-electron chi connectivity index (χ4n) is 2.35. The quantitative estimate of drug-likeness (QED) is 0.0618. The molecule has 0 saturated heterocycles. The molecule has 5 N–H and O–H groups in total. The van der Waals surface area contributed by atoms with Crippen LogP contribution in [0.4, 0.5) is 35.1 Å². The number of halogens is 8. The Bertz CT molecular complexity index is 1510. The van der Waals surface area contributed by atoms with Crippen LogP contribution in [-0.2, 0) is 14.3 Å². The summed E-state index contributed by atoms with van der Waals surface area (Å²) < 4.78 is 100. The van der Waals surface area contributed by atoms with E-state index in [1.54, 1.807) is 6.92 Å². The summed E-state index contributed by atoms with van der Waals surface area (Å²) in [5, 5.41) is 31.9. The number of amidine groups is 1. The van der Waals surface area contributed by atoms with Gasteiger partial charge in [-0.3, -0.25) is 0 Å². The molecule has 0 unspecified atom stereocenters. The van der Waals surface area contributed by atoms with Crippen molar-refractivity contribution in [3.05, 3.63) is 70.6 Å². The van der Waals surface area contributed by atoms with Gasteiger partial charge in [0.05, 0.1) is 11.1 Å². The minimum atomic E-state index is -5.62. The van der Waals surface area contributed by atoms with Crippen molar-refractivity contribution in [3.8, 4) is 11.4 Å². The van der Waals surface area contributed by atoms with Gasteiger partial charge in [-0.2, -0.15) is 31.3 Å². The Labute approximate surface area is 231 Å². The molecule has 3 aromatic rings. The number of ether oxygens (including phenoxy) is 1. The fraction of sp³-hybridized carbons (Fsp3) is 0.136. The van der Waals surface area contributed by atoms with Crippen molar-refractivity contribution in [3.63, 3.8) is 0 Å². The molecular weight excluding hydrogens is 616 g/mol. The summed E-state index contributed by atoms with van der Waals surface area (Å²) in [7, 11) is 0. The molecule has 0 aliphatic rings. The summed E-state index contributed by atoms with van der Waals surface area (Å²) in [5.41, 5.74) is 4.81. The molecule has 0 saturated carbocycles. The van der Waals surface area contributed by atoms with E-state index in [-0.39, 0.29) is 17.2 Å². The summed E-state index contributed by atoms with van der Waals surface area (Å²) in [4.78, 5) is 44.4. The molecule has 0 atom stereocenters. The average Bonchev–Trinajstić information content (AvgIpc) is 3.34. The number of benzene rings is 2. The maximum Gasteiger partial charge on any atom is 0.491 e. The van der Waals surface area contributed by atoms with Gasteiger partial charge >= 0.3 is 36.2 Å². The molecule has 21 heteroatoms. The molecule has 0 aliphatic heterocycles. The van der Waals surface area contributed by atoms with Gasteiger partial charge in [0.15, 0.2) is 5.84 Å². The van der Waals surface area contributed by atoms with E-state index in [0.717, 1.165) is 18.2 Å². The first-order valence-corrected chi connectivity index (χ1v) is 10.4. The predicted octanol–water partition coefficient (Wildman–Crippen LogP) is 3.68. The molecule has 43 heavy (non-hydrogen) atoms. The van der Waals surface area contributed by atoms with Crippen molar-refractivity contribution in [1.29, 1.82) is 0 Å². The van der Waals surface area contributed by atoms with Gasteiger partial charge in [-0.1, -0.05) is 10.3 Å². The minimum Gasteiger partial charge on any atom is -0.478 e. The molecular formula is C22H14F8N4O9. The van der Waals surface area contributed by atoms with Crippen LogP contribution in [-0.4, -0.2) is 67.6 Å². The number of nitrogens with zero attached hydrogens (tertiary/aromatic N) is 3. The normalized spacial score (nSPS) is 11.3. The molecule has 1 aromatic heterocycles. The van der Waals surface area contributed by atoms with Crippen LogP contribution in [0.1, 0.15) is 32.2 Å². The average molecular weight is 630 g/mol. The number of carboxylic acids is 2. The lowest BCUT2D eigenvalue weighted by molar-refractivity contribution is -0.221. The monoisotopic (exact) mass is 630 g/mol. The SMILES string of the molecule is Cc1nc(-c2ccc(F)c(C(=O)O)c2)no1.N/C(=N\O)c1ccc(F)c(C(=O)O)c1.O=C(OC(=O)C(F)(F)F)C(F)(F)F. The highest BCUT2D eigenvalue weighted by molar-refractivity contribution is 5.99. The van der Waals surface area contributed by atoms with Gasteiger partial charge in [0.1, 0.15) is 11.6 Å². The van der Waals surface area contributed by atoms with Gasteiger partial charge in [0.25, 0.3) is 0 Å². The maximum atomic E-state index is 13.1. The number of hydrogen-bond donors (Lipinski definition) is 4. The highest BCUT2D eigenvalue weighted by atomic mass is 19.4. The van der Waals surface area contributed by atoms with Gasteiger partial charge in [-0.15, -0.1) is 0 Å². The molecule has 2 aromatic carbocycles. The third-order valence-corrected chi connectivity index (χ3v) is 4.23. The second kappa shape index (κ2) is 14.3. The van der Waals surface area contributed by atoms with Crippen LogP contribution < -0.4 is 5.73 Å². The molecule has 1 heterocycles. The van der Waals surface area contributed by atoms with Crippen LogP contribution in [0.2, 0.25) is 0 Å². The van der Waals surface area contributed by atoms with E-state index in [9.17, 15) is 54.3 Å². The second-order valence-electron chi connectivity index (χ2n) is 7.29. The van der Waals surface area contributed by atoms with Crippen LogP contribution in [0.25, 0.3) is 11.4 Å². The minimum absolute atomic E-state index is 0.145. The topological polar surface area (TPSA) is 215 Å². The van der Waals surface area contributed by atoms with E-state index >= 15 is 0 Å². The fourth-order valence-corrected chi connectivity index (χ4v) is 2.35. The highest BCUT2D eigenvalue weighted by Crippen LogP contribution is 2.22. The number of carboxylic acid groups (broad SMARTS) is 2. The smallest absolute Gasteiger partial charge is 0.478 e. The van der Waals surface area contributed by atoms with Crippen LogP contribution >= 0.6 is 0 Å². The molecule has 0 aliphatic carbocycles. The number of nitrogens with two attached hydrogens (primary N) is 1. The van der Waals surface area contributed by atoms with Crippen molar-refractivity contribution in [2.75, 3.05) is 0 Å². The Morgan fingerprint density at radius 3 is 1.72 bits per heavy atom. The van der Waals surface area contributed by atoms with E-state index in [1.165, 1.54) is 18.2 Å². The largest absolute Gasteiger partial charge is 0.491 e. The third-order valence-electron chi connectivity index (χ3n) is 4.23. The number of alkyl halides is 6. The van der Waals surface area contributed by atoms with E-state index in [4.69, 9.17) is 25.7 Å². The highest BCUT2D eigenvalue weighted by Gasteiger charge is 2.49. The third kappa shape index (κ3) is 10.7. The number of aryl methyl sites for hydroxylation is 1. The van der Waals surface area contributed by atoms with Crippen molar-refractivity contribution in [1.82, 2.24) is 10.1 Å². The van der Waals surface area contributed by atoms with Crippen molar-refractivity contribution >= 4 is 29.7 Å². The Hall–Kier alpha value is -5.63. The number of aromatic carboxylic acids is 2. The standard InChI is InChI=1S/C10H7FN2O3.C8H7FN2O3.C4F6O3/c1-5-12-9(13-16-5)6-2-3-8(11)7(4-6)10(14)15;9-6-2-1-4(7(10)11-14)3-5(6)8(12)13;5-3(6,7)1(11)13-2(12)4(8,9)10/h2-4H,1H3,(H,14,15);1-3,14H,(H2,10,11)(H,12,13);. The molecule has 3 rings (SSSR count). The molecule has 0 bridgehead atoms. The summed E-state index contributed by atoms with van der Waals surface area (Å²) in [5.74, 6) is -10.5. The Morgan fingerprint density at radius 1 is 0.860 bits per heavy atom. The zero-order chi connectivity index (χ0) is 33.3. The van der Waals surface area contributed by atoms with Gasteiger partial charge < -0.3 is 30.4 Å². The number of oxime groups is 1. The molecule has 0 amide bonds.